The highest BCUT2D eigenvalue weighted by atomic mass is 32.2. The van der Waals surface area contributed by atoms with E-state index in [1.165, 1.54) is 5.48 Å². The summed E-state index contributed by atoms with van der Waals surface area (Å²) >= 11 is 0. The molecule has 7 nitrogen and oxygen atoms in total. The zero-order chi connectivity index (χ0) is 29.1. The molecule has 3 aromatic rings. The van der Waals surface area contributed by atoms with Crippen LogP contribution in [-0.2, 0) is 34.1 Å². The molecule has 0 fully saturated rings. The van der Waals surface area contributed by atoms with E-state index in [-0.39, 0.29) is 15.9 Å². The van der Waals surface area contributed by atoms with Gasteiger partial charge in [0.25, 0.3) is 5.91 Å². The van der Waals surface area contributed by atoms with Crippen LogP contribution in [0.25, 0.3) is 6.08 Å². The summed E-state index contributed by atoms with van der Waals surface area (Å²) in [6.07, 6.45) is -2.55. The molecular formula is C23H15F8N3O4S. The molecule has 0 saturated carbocycles. The lowest BCUT2D eigenvalue weighted by Crippen LogP contribution is -2.32. The van der Waals surface area contributed by atoms with Gasteiger partial charge in [0, 0.05) is 37.0 Å². The van der Waals surface area contributed by atoms with E-state index in [0.717, 1.165) is 36.5 Å². The summed E-state index contributed by atoms with van der Waals surface area (Å²) < 4.78 is 138. The predicted octanol–water partition coefficient (Wildman–Crippen LogP) is 4.71. The number of carbonyl (C=O) groups is 1. The summed E-state index contributed by atoms with van der Waals surface area (Å²) in [5.74, 6) is -11.6. The summed E-state index contributed by atoms with van der Waals surface area (Å²) in [4.78, 5) is 12.7. The third kappa shape index (κ3) is 6.58. The number of alkyl halides is 3. The second-order valence-corrected chi connectivity index (χ2v) is 9.65. The Morgan fingerprint density at radius 2 is 1.64 bits per heavy atom. The topological polar surface area (TPSA) is 99.6 Å². The van der Waals surface area contributed by atoms with Crippen molar-refractivity contribution in [3.05, 3.63) is 100 Å². The van der Waals surface area contributed by atoms with E-state index in [2.05, 4.69) is 4.98 Å². The van der Waals surface area contributed by atoms with Crippen LogP contribution in [0.4, 0.5) is 35.1 Å². The van der Waals surface area contributed by atoms with Gasteiger partial charge in [0.1, 0.15) is 4.90 Å². The number of amides is 1. The van der Waals surface area contributed by atoms with Crippen LogP contribution in [0, 0.1) is 29.2 Å². The molecule has 208 valence electrons. The number of pyridine rings is 1. The summed E-state index contributed by atoms with van der Waals surface area (Å²) in [6.45, 7) is -2.30. The van der Waals surface area contributed by atoms with Gasteiger partial charge in [0.2, 0.25) is 16.0 Å². The van der Waals surface area contributed by atoms with E-state index in [1.54, 1.807) is 0 Å². The molecule has 16 heteroatoms. The van der Waals surface area contributed by atoms with Crippen molar-refractivity contribution in [2.24, 2.45) is 0 Å². The van der Waals surface area contributed by atoms with E-state index in [0.29, 0.717) is 12.1 Å². The van der Waals surface area contributed by atoms with Gasteiger partial charge < -0.3 is 0 Å². The van der Waals surface area contributed by atoms with Crippen molar-refractivity contribution in [1.29, 1.82) is 0 Å². The van der Waals surface area contributed by atoms with Crippen molar-refractivity contribution in [2.75, 3.05) is 0 Å². The molecule has 0 aliphatic rings. The van der Waals surface area contributed by atoms with Gasteiger partial charge in [-0.1, -0.05) is 18.2 Å². The monoisotopic (exact) mass is 581 g/mol. The van der Waals surface area contributed by atoms with Crippen LogP contribution in [0.5, 0.6) is 0 Å². The Balaban J connectivity index is 2.17. The third-order valence-electron chi connectivity index (χ3n) is 5.19. The molecule has 0 aliphatic heterocycles. The number of aromatic nitrogens is 1. The van der Waals surface area contributed by atoms with Gasteiger partial charge in [-0.05, 0) is 29.3 Å². The van der Waals surface area contributed by atoms with Crippen molar-refractivity contribution in [3.8, 4) is 0 Å². The van der Waals surface area contributed by atoms with Crippen LogP contribution in [0.2, 0.25) is 0 Å². The van der Waals surface area contributed by atoms with E-state index in [1.807, 2.05) is 0 Å². The molecule has 2 N–H and O–H groups in total. The van der Waals surface area contributed by atoms with Gasteiger partial charge >= 0.3 is 6.18 Å². The Morgan fingerprint density at radius 3 is 2.26 bits per heavy atom. The predicted molar refractivity (Wildman–Crippen MR) is 117 cm³/mol. The first-order chi connectivity index (χ1) is 18.2. The Labute approximate surface area is 215 Å². The highest BCUT2D eigenvalue weighted by Crippen LogP contribution is 2.35. The molecule has 3 rings (SSSR count). The molecule has 0 aliphatic carbocycles. The summed E-state index contributed by atoms with van der Waals surface area (Å²) in [5.41, 5.74) is -1.67. The van der Waals surface area contributed by atoms with E-state index < -0.39 is 86.0 Å². The zero-order valence-electron chi connectivity index (χ0n) is 19.1. The number of nitrogens with zero attached hydrogens (tertiary/aromatic N) is 2. The van der Waals surface area contributed by atoms with Gasteiger partial charge in [-0.25, -0.2) is 36.4 Å². The average Bonchev–Trinajstić information content (AvgIpc) is 2.88. The smallest absolute Gasteiger partial charge is 0.288 e. The molecule has 1 aromatic heterocycles. The molecule has 0 spiro atoms. The Bertz CT molecular complexity index is 1550. The number of benzene rings is 2. The van der Waals surface area contributed by atoms with Crippen molar-refractivity contribution >= 4 is 22.0 Å². The average molecular weight is 581 g/mol. The van der Waals surface area contributed by atoms with Crippen molar-refractivity contribution in [3.63, 3.8) is 0 Å². The number of hydroxylamine groups is 1. The maximum Gasteiger partial charge on any atom is 0.416 e. The first-order valence-electron chi connectivity index (χ1n) is 10.4. The number of nitrogens with one attached hydrogen (secondary N) is 1. The fourth-order valence-electron chi connectivity index (χ4n) is 3.33. The minimum atomic E-state index is -5.45. The Hall–Kier alpha value is -3.89. The van der Waals surface area contributed by atoms with Crippen LogP contribution in [0.1, 0.15) is 22.3 Å². The van der Waals surface area contributed by atoms with Crippen molar-refractivity contribution in [2.45, 2.75) is 24.2 Å². The summed E-state index contributed by atoms with van der Waals surface area (Å²) in [7, 11) is -5.45. The molecule has 0 saturated heterocycles. The molecule has 1 amide bonds. The van der Waals surface area contributed by atoms with Crippen LogP contribution in [0.3, 0.4) is 0 Å². The molecule has 0 radical (unpaired) electrons. The Kier molecular flexibility index (Phi) is 8.72. The highest BCUT2D eigenvalue weighted by molar-refractivity contribution is 7.89. The molecule has 39 heavy (non-hydrogen) atoms. The molecule has 2 aromatic carbocycles. The quantitative estimate of drug-likeness (QED) is 0.0764. The highest BCUT2D eigenvalue weighted by Gasteiger charge is 2.37. The number of carbonyl (C=O) groups excluding carboxylic acids is 1. The molecule has 0 unspecified atom stereocenters. The summed E-state index contributed by atoms with van der Waals surface area (Å²) in [5, 5.41) is 8.50. The number of sulfonamides is 1. The van der Waals surface area contributed by atoms with Gasteiger partial charge in [-0.3, -0.25) is 10.0 Å². The number of halogens is 8. The van der Waals surface area contributed by atoms with Gasteiger partial charge in [-0.15, -0.1) is 0 Å². The van der Waals surface area contributed by atoms with Crippen LogP contribution in [0.15, 0.2) is 53.6 Å². The fourth-order valence-corrected chi connectivity index (χ4v) is 4.79. The normalized spacial score (nSPS) is 12.4. The van der Waals surface area contributed by atoms with Crippen LogP contribution in [-0.4, -0.2) is 28.8 Å². The molecular weight excluding hydrogens is 566 g/mol. The van der Waals surface area contributed by atoms with E-state index in [4.69, 9.17) is 5.21 Å². The summed E-state index contributed by atoms with van der Waals surface area (Å²) in [6, 6.07) is 4.32. The molecule has 0 bridgehead atoms. The van der Waals surface area contributed by atoms with Crippen LogP contribution >= 0.6 is 0 Å². The SMILES string of the molecule is O=C(/C=C/c1ccc(CN(Cc2cccnc2F)S(=O)(=O)c2cc(F)c(F)c(F)c2F)c(C(F)(F)F)c1)NO. The zero-order valence-corrected chi connectivity index (χ0v) is 19.9. The minimum absolute atomic E-state index is 0.0988. The van der Waals surface area contributed by atoms with Gasteiger partial charge in [-0.2, -0.15) is 21.9 Å². The van der Waals surface area contributed by atoms with Gasteiger partial charge in [0.05, 0.1) is 5.56 Å². The first-order valence-corrected chi connectivity index (χ1v) is 11.9. The largest absolute Gasteiger partial charge is 0.416 e. The molecule has 0 atom stereocenters. The van der Waals surface area contributed by atoms with Gasteiger partial charge in [0.15, 0.2) is 23.3 Å². The first kappa shape index (κ1) is 29.7. The number of hydrogen-bond donors (Lipinski definition) is 2. The minimum Gasteiger partial charge on any atom is -0.288 e. The second-order valence-electron chi connectivity index (χ2n) is 7.75. The molecule has 1 heterocycles. The lowest BCUT2D eigenvalue weighted by atomic mass is 10.0. The standard InChI is InChI=1S/C23H15F8N3O4S/c24-16-9-17(20(26)21(27)19(16)25)39(37,38)34(11-14-2-1-7-32-22(14)28)10-13-5-3-12(4-6-18(35)33-36)8-15(13)23(29,30)31/h1-9,36H,10-11H2,(H,33,35)/b6-4+. The fraction of sp³-hybridized carbons (Fsp3) is 0.130. The lowest BCUT2D eigenvalue weighted by molar-refractivity contribution is -0.138. The second kappa shape index (κ2) is 11.5. The number of rotatable bonds is 8. The maximum absolute atomic E-state index is 14.4. The van der Waals surface area contributed by atoms with Crippen molar-refractivity contribution < 1.29 is 53.5 Å². The lowest BCUT2D eigenvalue weighted by Gasteiger charge is -2.25. The van der Waals surface area contributed by atoms with Crippen LogP contribution < -0.4 is 5.48 Å². The van der Waals surface area contributed by atoms with Crippen molar-refractivity contribution in [1.82, 2.24) is 14.8 Å². The third-order valence-corrected chi connectivity index (χ3v) is 6.98. The Morgan fingerprint density at radius 1 is 0.974 bits per heavy atom. The maximum atomic E-state index is 14.4. The number of hydrogen-bond acceptors (Lipinski definition) is 5. The van der Waals surface area contributed by atoms with E-state index in [9.17, 15) is 48.3 Å². The van der Waals surface area contributed by atoms with E-state index >= 15 is 0 Å².